The topological polar surface area (TPSA) is 223 Å². The first-order valence-corrected chi connectivity index (χ1v) is 11.5. The Hall–Kier alpha value is -4.03. The molecule has 35 heavy (non-hydrogen) atoms. The van der Waals surface area contributed by atoms with E-state index in [-0.39, 0.29) is 42.7 Å². The fourth-order valence-corrected chi connectivity index (χ4v) is 3.84. The number of carboxylic acid groups (broad SMARTS) is 1. The number of allylic oxidation sites excluding steroid dienone is 1. The van der Waals surface area contributed by atoms with E-state index >= 15 is 0 Å². The van der Waals surface area contributed by atoms with E-state index in [0.29, 0.717) is 11.3 Å². The Morgan fingerprint density at radius 3 is 2.69 bits per heavy atom. The smallest absolute Gasteiger partial charge is 0.352 e. The van der Waals surface area contributed by atoms with Gasteiger partial charge in [-0.2, -0.15) is 5.26 Å². The van der Waals surface area contributed by atoms with E-state index in [1.807, 2.05) is 0 Å². The lowest BCUT2D eigenvalue weighted by Gasteiger charge is -2.31. The van der Waals surface area contributed by atoms with Crippen molar-refractivity contribution in [1.29, 1.82) is 5.26 Å². The maximum atomic E-state index is 12.1. The van der Waals surface area contributed by atoms with Crippen LogP contribution in [0.25, 0.3) is 0 Å². The van der Waals surface area contributed by atoms with E-state index in [1.54, 1.807) is 25.3 Å². The highest BCUT2D eigenvalue weighted by Crippen LogP contribution is 2.33. The van der Waals surface area contributed by atoms with Gasteiger partial charge in [-0.25, -0.2) is 15.8 Å². The van der Waals surface area contributed by atoms with Crippen LogP contribution in [0.15, 0.2) is 39.8 Å². The highest BCUT2D eigenvalue weighted by molar-refractivity contribution is 7.99. The van der Waals surface area contributed by atoms with Crippen LogP contribution in [0.4, 0.5) is 5.69 Å². The molecule has 0 bridgehead atoms. The second-order valence-electron chi connectivity index (χ2n) is 7.52. The summed E-state index contributed by atoms with van der Waals surface area (Å²) in [6.45, 7) is 0.147. The maximum Gasteiger partial charge on any atom is 0.352 e. The van der Waals surface area contributed by atoms with Crippen LogP contribution in [0.2, 0.25) is 0 Å². The van der Waals surface area contributed by atoms with E-state index in [9.17, 15) is 25.3 Å². The van der Waals surface area contributed by atoms with Crippen LogP contribution in [0.5, 0.6) is 5.75 Å². The van der Waals surface area contributed by atoms with Crippen LogP contribution in [0, 0.1) is 27.4 Å². The lowest BCUT2D eigenvalue weighted by molar-refractivity contribution is -0.420. The van der Waals surface area contributed by atoms with Crippen molar-refractivity contribution in [2.75, 3.05) is 31.8 Å². The van der Waals surface area contributed by atoms with Crippen molar-refractivity contribution in [3.63, 3.8) is 0 Å². The predicted molar refractivity (Wildman–Crippen MR) is 132 cm³/mol. The number of benzene rings is 1. The predicted octanol–water partition coefficient (Wildman–Crippen LogP) is 0.480. The van der Waals surface area contributed by atoms with Crippen molar-refractivity contribution >= 4 is 35.1 Å². The molecule has 2 rings (SSSR count). The Bertz CT molecular complexity index is 1110. The maximum absolute atomic E-state index is 12.1. The van der Waals surface area contributed by atoms with Crippen molar-refractivity contribution in [2.24, 2.45) is 33.2 Å². The summed E-state index contributed by atoms with van der Waals surface area (Å²) >= 11 is 1.14. The Morgan fingerprint density at radius 1 is 1.49 bits per heavy atom. The fourth-order valence-electron chi connectivity index (χ4n) is 3.30. The molecule has 14 nitrogen and oxygen atoms in total. The van der Waals surface area contributed by atoms with Crippen LogP contribution in [-0.2, 0) is 4.79 Å². The molecule has 0 saturated heterocycles. The number of aliphatic carboxylic acids is 1. The number of carboxylic acids is 1. The van der Waals surface area contributed by atoms with Gasteiger partial charge < -0.3 is 26.2 Å². The summed E-state index contributed by atoms with van der Waals surface area (Å²) in [6.07, 6.45) is 1.90. The molecule has 0 fully saturated rings. The van der Waals surface area contributed by atoms with Crippen molar-refractivity contribution < 1.29 is 19.6 Å². The molecule has 0 aromatic heterocycles. The summed E-state index contributed by atoms with van der Waals surface area (Å²) in [5.41, 5.74) is 9.66. The van der Waals surface area contributed by atoms with E-state index in [0.717, 1.165) is 16.8 Å². The van der Waals surface area contributed by atoms with Gasteiger partial charge in [0.05, 0.1) is 16.2 Å². The van der Waals surface area contributed by atoms with Gasteiger partial charge in [0.25, 0.3) is 5.88 Å². The number of rotatable bonds is 11. The van der Waals surface area contributed by atoms with E-state index in [4.69, 9.17) is 22.0 Å². The van der Waals surface area contributed by atoms with Gasteiger partial charge in [-0.1, -0.05) is 0 Å². The number of hydrogen-bond acceptors (Lipinski definition) is 11. The average molecular weight is 506 g/mol. The van der Waals surface area contributed by atoms with Crippen LogP contribution < -0.4 is 26.9 Å². The first kappa shape index (κ1) is 27.2. The van der Waals surface area contributed by atoms with Gasteiger partial charge in [0.15, 0.2) is 11.5 Å². The molecule has 2 unspecified atom stereocenters. The van der Waals surface area contributed by atoms with Gasteiger partial charge in [0.2, 0.25) is 0 Å². The van der Waals surface area contributed by atoms with Gasteiger partial charge in [0.1, 0.15) is 23.4 Å². The summed E-state index contributed by atoms with van der Waals surface area (Å²) in [7, 11) is 3.46. The molecule has 1 aliphatic rings. The van der Waals surface area contributed by atoms with Crippen molar-refractivity contribution in [3.8, 4) is 11.8 Å². The van der Waals surface area contributed by atoms with Crippen LogP contribution in [-0.4, -0.2) is 65.1 Å². The summed E-state index contributed by atoms with van der Waals surface area (Å²) in [6, 6.07) is 6.56. The third-order valence-corrected chi connectivity index (χ3v) is 5.67. The highest BCUT2D eigenvalue weighted by atomic mass is 32.2. The van der Waals surface area contributed by atoms with Crippen LogP contribution >= 0.6 is 11.8 Å². The number of aliphatic imine (C=N–C) groups is 2. The molecule has 1 aromatic rings. The Labute approximate surface area is 205 Å². The monoisotopic (exact) mass is 505 g/mol. The largest absolute Gasteiger partial charge is 0.481 e. The van der Waals surface area contributed by atoms with Crippen molar-refractivity contribution in [3.05, 3.63) is 45.5 Å². The number of nitrogens with two attached hydrogens (primary N) is 3. The SMILES string of the molecule is CSC1N=C(C(CCCN=C(N)N)C(=O)O)C([N+](=O)[O-])=C(Oc2ccc(C#N)c(N(C)C)c2)N1N. The number of carbonyl (C=O) groups is 1. The lowest BCUT2D eigenvalue weighted by atomic mass is 9.94. The third kappa shape index (κ3) is 6.52. The van der Waals surface area contributed by atoms with E-state index in [2.05, 4.69) is 16.1 Å². The number of anilines is 1. The normalized spacial score (nSPS) is 16.1. The zero-order chi connectivity index (χ0) is 26.3. The molecule has 0 saturated carbocycles. The minimum atomic E-state index is -1.33. The molecular weight excluding hydrogens is 478 g/mol. The van der Waals surface area contributed by atoms with Gasteiger partial charge >= 0.3 is 11.7 Å². The number of ether oxygens (including phenoxy) is 1. The number of thioether (sulfide) groups is 1. The second kappa shape index (κ2) is 11.9. The molecule has 0 aliphatic carbocycles. The quantitative estimate of drug-likeness (QED) is 0.0804. The molecule has 0 spiro atoms. The number of nitrogens with zero attached hydrogens (tertiary/aromatic N) is 6. The average Bonchev–Trinajstić information content (AvgIpc) is 2.79. The van der Waals surface area contributed by atoms with E-state index < -0.39 is 28.0 Å². The third-order valence-electron chi connectivity index (χ3n) is 4.92. The molecule has 0 amide bonds. The Balaban J connectivity index is 2.57. The molecule has 1 aliphatic heterocycles. The summed E-state index contributed by atoms with van der Waals surface area (Å²) in [5, 5.41) is 32.3. The minimum absolute atomic E-state index is 0.0110. The lowest BCUT2D eigenvalue weighted by Crippen LogP contribution is -2.47. The first-order valence-electron chi connectivity index (χ1n) is 10.2. The molecule has 7 N–H and O–H groups in total. The summed E-state index contributed by atoms with van der Waals surface area (Å²) in [4.78, 5) is 33.2. The molecule has 1 aromatic carbocycles. The van der Waals surface area contributed by atoms with Crippen LogP contribution in [0.3, 0.4) is 0 Å². The standard InChI is InChI=1S/C20H27N9O5S/c1-27(2)14-9-12(7-6-11(14)10-21)34-17-16(29(32)33)15(26-20(35-3)28(17)24)13(18(30)31)5-4-8-25-19(22)23/h6-7,9,13,20H,4-5,8,24H2,1-3H3,(H,30,31)(H4,22,23,25). The Morgan fingerprint density at radius 2 is 2.17 bits per heavy atom. The summed E-state index contributed by atoms with van der Waals surface area (Å²) in [5.74, 6) is 3.14. The number of guanidine groups is 1. The van der Waals surface area contributed by atoms with Gasteiger partial charge in [0, 0.05) is 26.7 Å². The minimum Gasteiger partial charge on any atom is -0.481 e. The van der Waals surface area contributed by atoms with Gasteiger partial charge in [-0.15, -0.1) is 11.8 Å². The highest BCUT2D eigenvalue weighted by Gasteiger charge is 2.43. The second-order valence-corrected chi connectivity index (χ2v) is 8.41. The molecular formula is C20H27N9O5S. The van der Waals surface area contributed by atoms with Crippen LogP contribution in [0.1, 0.15) is 18.4 Å². The van der Waals surface area contributed by atoms with E-state index in [1.165, 1.54) is 18.2 Å². The first-order chi connectivity index (χ1) is 16.5. The molecule has 0 radical (unpaired) electrons. The Kier molecular flexibility index (Phi) is 9.26. The molecule has 188 valence electrons. The number of hydrogen-bond donors (Lipinski definition) is 4. The summed E-state index contributed by atoms with van der Waals surface area (Å²) < 4.78 is 5.84. The van der Waals surface area contributed by atoms with Gasteiger partial charge in [-0.05, 0) is 31.2 Å². The number of hydrazine groups is 1. The molecule has 15 heteroatoms. The number of nitriles is 1. The van der Waals surface area contributed by atoms with Crippen molar-refractivity contribution in [1.82, 2.24) is 5.01 Å². The van der Waals surface area contributed by atoms with Crippen molar-refractivity contribution in [2.45, 2.75) is 18.3 Å². The molecule has 1 heterocycles. The zero-order valence-electron chi connectivity index (χ0n) is 19.4. The van der Waals surface area contributed by atoms with Gasteiger partial charge in [-0.3, -0.25) is 19.9 Å². The fraction of sp³-hybridized carbons (Fsp3) is 0.400. The zero-order valence-corrected chi connectivity index (χ0v) is 20.2. The number of nitro groups is 1. The molecule has 2 atom stereocenters.